The molecule has 1 aromatic heterocycles. The summed E-state index contributed by atoms with van der Waals surface area (Å²) in [5, 5.41) is 10.1. The van der Waals surface area contributed by atoms with Crippen LogP contribution in [0.25, 0.3) is 0 Å². The predicted octanol–water partition coefficient (Wildman–Crippen LogP) is 2.07. The number of aryl methyl sites for hydroxylation is 1. The van der Waals surface area contributed by atoms with E-state index in [1.165, 1.54) is 0 Å². The molecule has 0 spiro atoms. The van der Waals surface area contributed by atoms with E-state index in [1.54, 1.807) is 20.1 Å². The van der Waals surface area contributed by atoms with Gasteiger partial charge in [-0.1, -0.05) is 30.3 Å². The number of aromatic nitrogens is 2. The van der Waals surface area contributed by atoms with E-state index in [2.05, 4.69) is 9.97 Å². The Morgan fingerprint density at radius 3 is 2.61 bits per heavy atom. The van der Waals surface area contributed by atoms with Gasteiger partial charge in [-0.05, 0) is 12.5 Å². The molecule has 0 radical (unpaired) electrons. The number of aliphatic hydroxyl groups excluding tert-OH is 1. The minimum Gasteiger partial charge on any atom is -0.481 e. The molecule has 0 aliphatic rings. The van der Waals surface area contributed by atoms with E-state index in [9.17, 15) is 5.11 Å². The molecular formula is C14H16N2O2. The molecule has 1 unspecified atom stereocenters. The molecule has 1 aromatic carbocycles. The van der Waals surface area contributed by atoms with Crippen LogP contribution in [0.3, 0.4) is 0 Å². The van der Waals surface area contributed by atoms with Crippen LogP contribution in [-0.4, -0.2) is 22.2 Å². The Morgan fingerprint density at radius 1 is 1.22 bits per heavy atom. The fourth-order valence-electron chi connectivity index (χ4n) is 1.80. The molecule has 2 rings (SSSR count). The second-order valence-electron chi connectivity index (χ2n) is 4.08. The lowest BCUT2D eigenvalue weighted by molar-refractivity contribution is 0.177. The molecular weight excluding hydrogens is 228 g/mol. The van der Waals surface area contributed by atoms with Gasteiger partial charge >= 0.3 is 0 Å². The lowest BCUT2D eigenvalue weighted by Gasteiger charge is -2.11. The average Bonchev–Trinajstić information content (AvgIpc) is 2.39. The third kappa shape index (κ3) is 3.05. The molecule has 18 heavy (non-hydrogen) atoms. The normalized spacial score (nSPS) is 12.2. The third-order valence-corrected chi connectivity index (χ3v) is 2.66. The highest BCUT2D eigenvalue weighted by Gasteiger charge is 2.10. The first kappa shape index (κ1) is 12.5. The standard InChI is InChI=1S/C14H16N2O2/c1-10-15-12(9-14(16-10)18-2)8-13(17)11-6-4-3-5-7-11/h3-7,9,13,17H,8H2,1-2H3. The van der Waals surface area contributed by atoms with Crippen molar-refractivity contribution < 1.29 is 9.84 Å². The second-order valence-corrected chi connectivity index (χ2v) is 4.08. The van der Waals surface area contributed by atoms with Crippen molar-refractivity contribution in [3.8, 4) is 5.88 Å². The molecule has 0 aliphatic carbocycles. The molecule has 0 amide bonds. The van der Waals surface area contributed by atoms with Crippen LogP contribution in [0.15, 0.2) is 36.4 Å². The lowest BCUT2D eigenvalue weighted by Crippen LogP contribution is -2.05. The van der Waals surface area contributed by atoms with Gasteiger partial charge in [0.25, 0.3) is 0 Å². The van der Waals surface area contributed by atoms with Gasteiger partial charge in [-0.2, -0.15) is 4.98 Å². The van der Waals surface area contributed by atoms with Gasteiger partial charge in [0.2, 0.25) is 5.88 Å². The largest absolute Gasteiger partial charge is 0.481 e. The number of hydrogen-bond acceptors (Lipinski definition) is 4. The first-order valence-corrected chi connectivity index (χ1v) is 5.80. The first-order chi connectivity index (χ1) is 8.69. The summed E-state index contributed by atoms with van der Waals surface area (Å²) in [5.41, 5.74) is 1.66. The zero-order chi connectivity index (χ0) is 13.0. The van der Waals surface area contributed by atoms with Crippen molar-refractivity contribution >= 4 is 0 Å². The molecule has 94 valence electrons. The minimum absolute atomic E-state index is 0.448. The van der Waals surface area contributed by atoms with Crippen LogP contribution < -0.4 is 4.74 Å². The summed E-state index contributed by atoms with van der Waals surface area (Å²) in [7, 11) is 1.57. The molecule has 1 atom stereocenters. The van der Waals surface area contributed by atoms with Crippen LogP contribution in [-0.2, 0) is 6.42 Å². The summed E-state index contributed by atoms with van der Waals surface area (Å²) in [4.78, 5) is 8.41. The smallest absolute Gasteiger partial charge is 0.216 e. The average molecular weight is 244 g/mol. The van der Waals surface area contributed by atoms with Crippen LogP contribution in [0.2, 0.25) is 0 Å². The van der Waals surface area contributed by atoms with Crippen molar-refractivity contribution in [2.24, 2.45) is 0 Å². The zero-order valence-corrected chi connectivity index (χ0v) is 10.5. The Morgan fingerprint density at radius 2 is 1.94 bits per heavy atom. The maximum Gasteiger partial charge on any atom is 0.216 e. The minimum atomic E-state index is -0.565. The van der Waals surface area contributed by atoms with Crippen molar-refractivity contribution in [2.75, 3.05) is 7.11 Å². The van der Waals surface area contributed by atoms with E-state index in [0.29, 0.717) is 18.1 Å². The van der Waals surface area contributed by atoms with Gasteiger partial charge in [-0.3, -0.25) is 0 Å². The first-order valence-electron chi connectivity index (χ1n) is 5.80. The van der Waals surface area contributed by atoms with Crippen LogP contribution in [0.4, 0.5) is 0 Å². The molecule has 4 heteroatoms. The fraction of sp³-hybridized carbons (Fsp3) is 0.286. The van der Waals surface area contributed by atoms with E-state index in [4.69, 9.17) is 4.74 Å². The van der Waals surface area contributed by atoms with E-state index in [0.717, 1.165) is 11.3 Å². The lowest BCUT2D eigenvalue weighted by atomic mass is 10.1. The van der Waals surface area contributed by atoms with Crippen LogP contribution >= 0.6 is 0 Å². The summed E-state index contributed by atoms with van der Waals surface area (Å²) in [6, 6.07) is 11.3. The van der Waals surface area contributed by atoms with Crippen molar-refractivity contribution in [1.82, 2.24) is 9.97 Å². The van der Waals surface area contributed by atoms with Crippen molar-refractivity contribution in [1.29, 1.82) is 0 Å². The van der Waals surface area contributed by atoms with Gasteiger partial charge < -0.3 is 9.84 Å². The number of hydrogen-bond donors (Lipinski definition) is 1. The molecule has 1 N–H and O–H groups in total. The SMILES string of the molecule is COc1cc(CC(O)c2ccccc2)nc(C)n1. The topological polar surface area (TPSA) is 55.2 Å². The quantitative estimate of drug-likeness (QED) is 0.894. The molecule has 2 aromatic rings. The molecule has 0 bridgehead atoms. The number of benzene rings is 1. The van der Waals surface area contributed by atoms with E-state index in [-0.39, 0.29) is 0 Å². The third-order valence-electron chi connectivity index (χ3n) is 2.66. The Hall–Kier alpha value is -1.94. The maximum atomic E-state index is 10.1. The Balaban J connectivity index is 2.16. The molecule has 0 fully saturated rings. The van der Waals surface area contributed by atoms with Gasteiger partial charge in [0.15, 0.2) is 0 Å². The van der Waals surface area contributed by atoms with Gasteiger partial charge in [0.1, 0.15) is 5.82 Å². The summed E-state index contributed by atoms with van der Waals surface area (Å²) in [6.45, 7) is 1.81. The van der Waals surface area contributed by atoms with Crippen LogP contribution in [0, 0.1) is 6.92 Å². The van der Waals surface area contributed by atoms with E-state index in [1.807, 2.05) is 30.3 Å². The fourth-order valence-corrected chi connectivity index (χ4v) is 1.80. The number of aliphatic hydroxyl groups is 1. The van der Waals surface area contributed by atoms with Crippen molar-refractivity contribution in [2.45, 2.75) is 19.4 Å². The van der Waals surface area contributed by atoms with Crippen LogP contribution in [0.1, 0.15) is 23.2 Å². The van der Waals surface area contributed by atoms with Gasteiger partial charge in [0, 0.05) is 12.5 Å². The highest BCUT2D eigenvalue weighted by molar-refractivity contribution is 5.21. The molecule has 0 saturated heterocycles. The number of ether oxygens (including phenoxy) is 1. The summed E-state index contributed by atoms with van der Waals surface area (Å²) < 4.78 is 5.09. The van der Waals surface area contributed by atoms with Gasteiger partial charge in [-0.25, -0.2) is 4.98 Å². The Kier molecular flexibility index (Phi) is 3.89. The monoisotopic (exact) mass is 244 g/mol. The highest BCUT2D eigenvalue weighted by Crippen LogP contribution is 2.18. The highest BCUT2D eigenvalue weighted by atomic mass is 16.5. The summed E-state index contributed by atoms with van der Waals surface area (Å²) >= 11 is 0. The molecule has 0 saturated carbocycles. The van der Waals surface area contributed by atoms with Crippen molar-refractivity contribution in [3.63, 3.8) is 0 Å². The zero-order valence-electron chi connectivity index (χ0n) is 10.5. The van der Waals surface area contributed by atoms with E-state index < -0.39 is 6.10 Å². The van der Waals surface area contributed by atoms with Gasteiger partial charge in [0.05, 0.1) is 18.9 Å². The summed E-state index contributed by atoms with van der Waals surface area (Å²) in [6.07, 6.45) is -0.116. The van der Waals surface area contributed by atoms with E-state index >= 15 is 0 Å². The second kappa shape index (κ2) is 5.60. The number of nitrogens with zero attached hydrogens (tertiary/aromatic N) is 2. The van der Waals surface area contributed by atoms with Crippen molar-refractivity contribution in [3.05, 3.63) is 53.5 Å². The number of methoxy groups -OCH3 is 1. The molecule has 4 nitrogen and oxygen atoms in total. The Labute approximate surface area is 106 Å². The Bertz CT molecular complexity index is 514. The summed E-state index contributed by atoms with van der Waals surface area (Å²) in [5.74, 6) is 1.17. The van der Waals surface area contributed by atoms with Crippen LogP contribution in [0.5, 0.6) is 5.88 Å². The predicted molar refractivity (Wildman–Crippen MR) is 68.4 cm³/mol. The maximum absolute atomic E-state index is 10.1. The van der Waals surface area contributed by atoms with Gasteiger partial charge in [-0.15, -0.1) is 0 Å². The molecule has 1 heterocycles. The number of rotatable bonds is 4. The molecule has 0 aliphatic heterocycles.